The lowest BCUT2D eigenvalue weighted by atomic mass is 9.93. The third-order valence-electron chi connectivity index (χ3n) is 9.73. The van der Waals surface area contributed by atoms with Gasteiger partial charge >= 0.3 is 6.09 Å². The second-order valence-electron chi connectivity index (χ2n) is 15.0. The van der Waals surface area contributed by atoms with E-state index >= 15 is 0 Å². The molecule has 272 valence electrons. The van der Waals surface area contributed by atoms with Crippen molar-refractivity contribution in [1.82, 2.24) is 20.5 Å². The summed E-state index contributed by atoms with van der Waals surface area (Å²) in [5, 5.41) is 7.88. The van der Waals surface area contributed by atoms with E-state index in [2.05, 4.69) is 27.2 Å². The normalized spacial score (nSPS) is 24.9. The first-order chi connectivity index (χ1) is 24.0. The van der Waals surface area contributed by atoms with Crippen molar-refractivity contribution in [1.29, 1.82) is 0 Å². The van der Waals surface area contributed by atoms with Gasteiger partial charge < -0.3 is 14.9 Å². The van der Waals surface area contributed by atoms with Crippen LogP contribution in [0.15, 0.2) is 66.3 Å². The Morgan fingerprint density at radius 1 is 0.961 bits per heavy atom. The summed E-state index contributed by atoms with van der Waals surface area (Å²) >= 11 is 0. The number of nitrogens with zero attached hydrogens (tertiary/aromatic N) is 2. The average Bonchev–Trinajstić information content (AvgIpc) is 3.97. The van der Waals surface area contributed by atoms with Gasteiger partial charge in [-0.3, -0.25) is 19.1 Å². The number of fused-ring (bicyclic) bond motifs is 3. The number of hydrogen-bond donors (Lipinski definition) is 3. The van der Waals surface area contributed by atoms with Gasteiger partial charge in [-0.25, -0.2) is 23.6 Å². The van der Waals surface area contributed by atoms with Crippen LogP contribution in [0.4, 0.5) is 4.79 Å². The van der Waals surface area contributed by atoms with Gasteiger partial charge in [0.1, 0.15) is 23.0 Å². The van der Waals surface area contributed by atoms with E-state index < -0.39 is 80.1 Å². The van der Waals surface area contributed by atoms with Gasteiger partial charge in [-0.05, 0) is 77.8 Å². The van der Waals surface area contributed by atoms with Gasteiger partial charge in [0, 0.05) is 23.1 Å². The maximum absolute atomic E-state index is 14.3. The van der Waals surface area contributed by atoms with Crippen LogP contribution in [-0.2, 0) is 34.0 Å². The number of ether oxygens (including phenoxy) is 1. The van der Waals surface area contributed by atoms with Crippen LogP contribution in [0.2, 0.25) is 0 Å². The first kappa shape index (κ1) is 36.1. The van der Waals surface area contributed by atoms with Gasteiger partial charge in [0.15, 0.2) is 0 Å². The fourth-order valence-corrected chi connectivity index (χ4v) is 8.27. The zero-order valence-electron chi connectivity index (χ0n) is 29.5. The number of carbonyl (C=O) groups is 4. The molecule has 4 aliphatic rings. The van der Waals surface area contributed by atoms with Crippen LogP contribution in [-0.4, -0.2) is 71.5 Å². The van der Waals surface area contributed by atoms with Crippen molar-refractivity contribution in [2.75, 3.05) is 0 Å². The molecule has 4 amide bonds. The third-order valence-corrected chi connectivity index (χ3v) is 11.6. The quantitative estimate of drug-likeness (QED) is 0.207. The molecule has 14 heteroatoms. The molecule has 0 unspecified atom stereocenters. The summed E-state index contributed by atoms with van der Waals surface area (Å²) < 4.78 is 32.9. The van der Waals surface area contributed by atoms with E-state index in [4.69, 9.17) is 9.57 Å². The van der Waals surface area contributed by atoms with Crippen molar-refractivity contribution >= 4 is 39.5 Å². The van der Waals surface area contributed by atoms with Gasteiger partial charge in [0.25, 0.3) is 5.91 Å². The molecule has 2 aromatic carbocycles. The Morgan fingerprint density at radius 2 is 1.53 bits per heavy atom. The first-order valence-corrected chi connectivity index (χ1v) is 18.9. The molecule has 0 heterocycles. The molecule has 3 saturated carbocycles. The average molecular weight is 720 g/mol. The fourth-order valence-electron chi connectivity index (χ4n) is 6.90. The predicted octanol–water partition coefficient (Wildman–Crippen LogP) is 4.18. The molecule has 0 aromatic heterocycles. The molecule has 0 aliphatic heterocycles. The van der Waals surface area contributed by atoms with E-state index in [0.29, 0.717) is 18.6 Å². The third kappa shape index (κ3) is 7.37. The number of rotatable bonds is 10. The van der Waals surface area contributed by atoms with Crippen molar-refractivity contribution in [3.8, 4) is 11.1 Å². The monoisotopic (exact) mass is 719 g/mol. The second-order valence-corrected chi connectivity index (χ2v) is 17.0. The lowest BCUT2D eigenvalue weighted by Gasteiger charge is -2.32. The number of hydrogen-bond acceptors (Lipinski definition) is 9. The molecule has 0 spiro atoms. The van der Waals surface area contributed by atoms with Gasteiger partial charge in [0.05, 0.1) is 17.1 Å². The van der Waals surface area contributed by atoms with Gasteiger partial charge in [-0.1, -0.05) is 59.8 Å². The maximum Gasteiger partial charge on any atom is 0.426 e. The molecule has 3 N–H and O–H groups in total. The van der Waals surface area contributed by atoms with Crippen molar-refractivity contribution in [3.63, 3.8) is 0 Å². The second kappa shape index (κ2) is 13.4. The van der Waals surface area contributed by atoms with E-state index in [1.165, 1.54) is 6.08 Å². The highest BCUT2D eigenvalue weighted by molar-refractivity contribution is 7.91. The molecule has 5 atom stereocenters. The highest BCUT2D eigenvalue weighted by Gasteiger charge is 2.62. The van der Waals surface area contributed by atoms with Gasteiger partial charge in [-0.15, -0.1) is 6.58 Å². The zero-order chi connectivity index (χ0) is 36.9. The van der Waals surface area contributed by atoms with E-state index in [-0.39, 0.29) is 19.3 Å². The molecule has 0 saturated heterocycles. The molecule has 3 fully saturated rings. The van der Waals surface area contributed by atoms with Crippen LogP contribution in [0.3, 0.4) is 0 Å². The predicted molar refractivity (Wildman–Crippen MR) is 189 cm³/mol. The highest BCUT2D eigenvalue weighted by Crippen LogP contribution is 2.46. The van der Waals surface area contributed by atoms with Gasteiger partial charge in [-0.2, -0.15) is 0 Å². The number of carbonyl (C=O) groups excluding carboxylic acids is 4. The summed E-state index contributed by atoms with van der Waals surface area (Å²) in [6.45, 7) is 12.3. The standard InChI is InChI=1S/C37H45N5O8S/c1-7-22-20-37(22,34(45)41-51(47,48)24-16-17-24)38-32(43)29-18-23(19-30(29)33(44)42(21(2)3)39-35(46)49-36(4,5)6)50-40-31-27-14-10-8-12-25(27)26-13-9-11-15-28(26)31/h7-15,21-24,29-30H,1,16-20H2,2-6H3,(H,38,43)(H,39,46)(H,41,45)/t22-,23-,29-,30-,37-/m1/s1. The summed E-state index contributed by atoms with van der Waals surface area (Å²) in [4.78, 5) is 60.8. The Labute approximate surface area is 298 Å². The van der Waals surface area contributed by atoms with E-state index in [1.807, 2.05) is 48.5 Å². The molecule has 0 bridgehead atoms. The lowest BCUT2D eigenvalue weighted by Crippen LogP contribution is -2.56. The summed E-state index contributed by atoms with van der Waals surface area (Å²) in [7, 11) is -3.89. The van der Waals surface area contributed by atoms with E-state index in [1.54, 1.807) is 34.6 Å². The molecule has 4 aliphatic carbocycles. The molecular formula is C37H45N5O8S. The number of hydrazine groups is 1. The number of benzene rings is 2. The van der Waals surface area contributed by atoms with Crippen LogP contribution in [0, 0.1) is 17.8 Å². The smallest absolute Gasteiger partial charge is 0.426 e. The number of sulfonamides is 1. The largest absolute Gasteiger partial charge is 0.443 e. The Kier molecular flexibility index (Phi) is 9.51. The minimum atomic E-state index is -3.89. The van der Waals surface area contributed by atoms with E-state index in [9.17, 15) is 27.6 Å². The minimum absolute atomic E-state index is 0.0670. The SMILES string of the molecule is C=C[C@@H]1C[C@]1(NC(=O)[C@@H]1C[C@@H](ON=C2c3ccccc3-c3ccccc32)C[C@H]1C(=O)N(NC(=O)OC(C)(C)C)C(C)C)C(=O)NS(=O)(=O)C1CC1. The Morgan fingerprint density at radius 3 is 2.04 bits per heavy atom. The Hall–Kier alpha value is -4.72. The molecule has 2 aromatic rings. The van der Waals surface area contributed by atoms with E-state index in [0.717, 1.165) is 27.3 Å². The maximum atomic E-state index is 14.3. The molecule has 13 nitrogen and oxygen atoms in total. The summed E-state index contributed by atoms with van der Waals surface area (Å²) in [6.07, 6.45) is 1.22. The summed E-state index contributed by atoms with van der Waals surface area (Å²) in [5.74, 6) is -4.50. The first-order valence-electron chi connectivity index (χ1n) is 17.3. The van der Waals surface area contributed by atoms with Crippen molar-refractivity contribution in [2.24, 2.45) is 22.9 Å². The van der Waals surface area contributed by atoms with Crippen LogP contribution >= 0.6 is 0 Å². The molecule has 0 radical (unpaired) electrons. The number of oxime groups is 1. The Bertz CT molecular complexity index is 1850. The van der Waals surface area contributed by atoms with Crippen LogP contribution in [0.5, 0.6) is 0 Å². The minimum Gasteiger partial charge on any atom is -0.443 e. The summed E-state index contributed by atoms with van der Waals surface area (Å²) in [5.41, 5.74) is 4.63. The van der Waals surface area contributed by atoms with Crippen molar-refractivity contribution in [2.45, 2.75) is 95.3 Å². The topological polar surface area (TPSA) is 173 Å². The van der Waals surface area contributed by atoms with Gasteiger partial charge in [0.2, 0.25) is 21.8 Å². The fraction of sp³-hybridized carbons (Fsp3) is 0.486. The number of nitrogens with one attached hydrogen (secondary N) is 3. The van der Waals surface area contributed by atoms with Crippen molar-refractivity contribution < 1.29 is 37.2 Å². The molecule has 6 rings (SSSR count). The highest BCUT2D eigenvalue weighted by atomic mass is 32.2. The zero-order valence-corrected chi connectivity index (χ0v) is 30.3. The molecule has 51 heavy (non-hydrogen) atoms. The number of amides is 4. The van der Waals surface area contributed by atoms with Crippen LogP contribution in [0.25, 0.3) is 11.1 Å². The van der Waals surface area contributed by atoms with Crippen LogP contribution < -0.4 is 15.5 Å². The van der Waals surface area contributed by atoms with Crippen LogP contribution in [0.1, 0.15) is 77.8 Å². The summed E-state index contributed by atoms with van der Waals surface area (Å²) in [6, 6.07) is 15.1. The Balaban J connectivity index is 1.27. The lowest BCUT2D eigenvalue weighted by molar-refractivity contribution is -0.145. The molecular weight excluding hydrogens is 675 g/mol. The van der Waals surface area contributed by atoms with Crippen molar-refractivity contribution in [3.05, 3.63) is 72.3 Å².